The molecule has 0 heterocycles. The molecule has 4 nitrogen and oxygen atoms in total. The summed E-state index contributed by atoms with van der Waals surface area (Å²) in [6.45, 7) is 3.98. The summed E-state index contributed by atoms with van der Waals surface area (Å²) in [5, 5.41) is 2.95. The molecule has 2 aromatic rings. The average Bonchev–Trinajstić information content (AvgIpc) is 2.60. The zero-order valence-electron chi connectivity index (χ0n) is 15.2. The summed E-state index contributed by atoms with van der Waals surface area (Å²) >= 11 is 0. The molecule has 0 unspecified atom stereocenters. The highest BCUT2D eigenvalue weighted by atomic mass is 16.5. The maximum absolute atomic E-state index is 12.1. The molecular weight excluding hydrogens is 312 g/mol. The third kappa shape index (κ3) is 6.43. The van der Waals surface area contributed by atoms with Gasteiger partial charge in [0.15, 0.2) is 0 Å². The second kappa shape index (κ2) is 9.64. The molecule has 0 saturated heterocycles. The van der Waals surface area contributed by atoms with Crippen molar-refractivity contribution in [1.82, 2.24) is 10.2 Å². The summed E-state index contributed by atoms with van der Waals surface area (Å²) in [5.41, 5.74) is 3.33. The normalized spacial score (nSPS) is 11.0. The van der Waals surface area contributed by atoms with Crippen molar-refractivity contribution in [2.75, 3.05) is 20.7 Å². The fourth-order valence-electron chi connectivity index (χ4n) is 2.48. The van der Waals surface area contributed by atoms with Gasteiger partial charge in [-0.2, -0.15) is 0 Å². The van der Waals surface area contributed by atoms with Crippen LogP contribution in [-0.2, 0) is 17.9 Å². The second-order valence-electron chi connectivity index (χ2n) is 6.06. The van der Waals surface area contributed by atoms with Gasteiger partial charge in [0, 0.05) is 19.2 Å². The fourth-order valence-corrected chi connectivity index (χ4v) is 2.48. The van der Waals surface area contributed by atoms with Gasteiger partial charge in [-0.15, -0.1) is 0 Å². The van der Waals surface area contributed by atoms with Crippen molar-refractivity contribution in [2.45, 2.75) is 20.0 Å². The lowest BCUT2D eigenvalue weighted by molar-refractivity contribution is -0.116. The van der Waals surface area contributed by atoms with Gasteiger partial charge in [-0.1, -0.05) is 36.4 Å². The van der Waals surface area contributed by atoms with Gasteiger partial charge in [-0.3, -0.25) is 4.79 Å². The Morgan fingerprint density at radius 2 is 1.76 bits per heavy atom. The quantitative estimate of drug-likeness (QED) is 0.749. The van der Waals surface area contributed by atoms with E-state index in [2.05, 4.69) is 22.3 Å². The van der Waals surface area contributed by atoms with Crippen LogP contribution in [0.2, 0.25) is 0 Å². The van der Waals surface area contributed by atoms with Gasteiger partial charge in [0.2, 0.25) is 5.91 Å². The Balaban J connectivity index is 1.90. The zero-order chi connectivity index (χ0) is 18.1. The van der Waals surface area contributed by atoms with Crippen molar-refractivity contribution >= 4 is 12.0 Å². The zero-order valence-corrected chi connectivity index (χ0v) is 15.2. The van der Waals surface area contributed by atoms with Crippen LogP contribution in [0.3, 0.4) is 0 Å². The molecule has 1 amide bonds. The first-order valence-electron chi connectivity index (χ1n) is 8.48. The summed E-state index contributed by atoms with van der Waals surface area (Å²) in [6, 6.07) is 15.8. The molecule has 0 aliphatic heterocycles. The molecule has 4 heteroatoms. The van der Waals surface area contributed by atoms with Crippen LogP contribution in [0.15, 0.2) is 54.6 Å². The molecule has 132 valence electrons. The number of hydrogen-bond acceptors (Lipinski definition) is 3. The van der Waals surface area contributed by atoms with E-state index in [4.69, 9.17) is 4.74 Å². The van der Waals surface area contributed by atoms with E-state index in [1.54, 1.807) is 12.2 Å². The standard InChI is InChI=1S/C21H26N2O2/c1-4-25-20-12-9-17(10-13-20)11-14-21(24)22-15-18-7-5-6-8-19(18)16-23(2)3/h5-14H,4,15-16H2,1-3H3,(H,22,24)/b14-11+. The smallest absolute Gasteiger partial charge is 0.244 e. The predicted molar refractivity (Wildman–Crippen MR) is 102 cm³/mol. The lowest BCUT2D eigenvalue weighted by atomic mass is 10.1. The molecule has 0 saturated carbocycles. The highest BCUT2D eigenvalue weighted by Crippen LogP contribution is 2.13. The minimum absolute atomic E-state index is 0.103. The van der Waals surface area contributed by atoms with Crippen LogP contribution in [-0.4, -0.2) is 31.5 Å². The van der Waals surface area contributed by atoms with Crippen LogP contribution in [0, 0.1) is 0 Å². The van der Waals surface area contributed by atoms with Crippen LogP contribution in [0.1, 0.15) is 23.6 Å². The maximum atomic E-state index is 12.1. The van der Waals surface area contributed by atoms with E-state index in [9.17, 15) is 4.79 Å². The van der Waals surface area contributed by atoms with Gasteiger partial charge >= 0.3 is 0 Å². The Morgan fingerprint density at radius 1 is 1.08 bits per heavy atom. The Labute approximate surface area is 150 Å². The number of nitrogens with zero attached hydrogens (tertiary/aromatic N) is 1. The van der Waals surface area contributed by atoms with Crippen molar-refractivity contribution < 1.29 is 9.53 Å². The van der Waals surface area contributed by atoms with E-state index < -0.39 is 0 Å². The first-order chi connectivity index (χ1) is 12.1. The van der Waals surface area contributed by atoms with Crippen molar-refractivity contribution in [1.29, 1.82) is 0 Å². The monoisotopic (exact) mass is 338 g/mol. The summed E-state index contributed by atoms with van der Waals surface area (Å²) in [7, 11) is 4.07. The molecular formula is C21H26N2O2. The Bertz CT molecular complexity index is 706. The maximum Gasteiger partial charge on any atom is 0.244 e. The third-order valence-corrected chi connectivity index (χ3v) is 3.68. The fraction of sp³-hybridized carbons (Fsp3) is 0.286. The van der Waals surface area contributed by atoms with Crippen LogP contribution in [0.25, 0.3) is 6.08 Å². The molecule has 1 N–H and O–H groups in total. The third-order valence-electron chi connectivity index (χ3n) is 3.68. The minimum atomic E-state index is -0.103. The number of benzene rings is 2. The molecule has 0 aromatic heterocycles. The minimum Gasteiger partial charge on any atom is -0.494 e. The van der Waals surface area contributed by atoms with Crippen molar-refractivity contribution in [3.8, 4) is 5.75 Å². The van der Waals surface area contributed by atoms with Gasteiger partial charge in [0.1, 0.15) is 5.75 Å². The first kappa shape index (κ1) is 18.7. The Hall–Kier alpha value is -2.59. The van der Waals surface area contributed by atoms with Crippen LogP contribution >= 0.6 is 0 Å². The Morgan fingerprint density at radius 3 is 2.40 bits per heavy atom. The van der Waals surface area contributed by atoms with Gasteiger partial charge in [0.05, 0.1) is 6.61 Å². The van der Waals surface area contributed by atoms with Crippen LogP contribution < -0.4 is 10.1 Å². The van der Waals surface area contributed by atoms with E-state index in [0.717, 1.165) is 23.4 Å². The second-order valence-corrected chi connectivity index (χ2v) is 6.06. The number of hydrogen-bond donors (Lipinski definition) is 1. The van der Waals surface area contributed by atoms with Crippen molar-refractivity contribution in [2.24, 2.45) is 0 Å². The topological polar surface area (TPSA) is 41.6 Å². The van der Waals surface area contributed by atoms with E-state index in [1.807, 2.05) is 57.4 Å². The average molecular weight is 338 g/mol. The number of ether oxygens (including phenoxy) is 1. The van der Waals surface area contributed by atoms with Gasteiger partial charge in [-0.25, -0.2) is 0 Å². The molecule has 2 aromatic carbocycles. The number of amides is 1. The van der Waals surface area contributed by atoms with Crippen molar-refractivity contribution in [3.63, 3.8) is 0 Å². The number of carbonyl (C=O) groups is 1. The van der Waals surface area contributed by atoms with Crippen LogP contribution in [0.5, 0.6) is 5.75 Å². The SMILES string of the molecule is CCOc1ccc(/C=C/C(=O)NCc2ccccc2CN(C)C)cc1. The van der Waals surface area contributed by atoms with Gasteiger partial charge in [0.25, 0.3) is 0 Å². The van der Waals surface area contributed by atoms with E-state index in [0.29, 0.717) is 13.2 Å². The van der Waals surface area contributed by atoms with E-state index in [1.165, 1.54) is 5.56 Å². The summed E-state index contributed by atoms with van der Waals surface area (Å²) in [6.07, 6.45) is 3.36. The van der Waals surface area contributed by atoms with Crippen LogP contribution in [0.4, 0.5) is 0 Å². The molecule has 0 atom stereocenters. The molecule has 25 heavy (non-hydrogen) atoms. The number of carbonyl (C=O) groups excluding carboxylic acids is 1. The highest BCUT2D eigenvalue weighted by Gasteiger charge is 2.04. The molecule has 0 aliphatic rings. The molecule has 2 rings (SSSR count). The summed E-state index contributed by atoms with van der Waals surface area (Å²) < 4.78 is 5.41. The molecule has 0 bridgehead atoms. The van der Waals surface area contributed by atoms with Crippen molar-refractivity contribution in [3.05, 3.63) is 71.3 Å². The molecule has 0 aliphatic carbocycles. The van der Waals surface area contributed by atoms with Gasteiger partial charge < -0.3 is 15.0 Å². The highest BCUT2D eigenvalue weighted by molar-refractivity contribution is 5.91. The number of nitrogens with one attached hydrogen (secondary N) is 1. The van der Waals surface area contributed by atoms with E-state index in [-0.39, 0.29) is 5.91 Å². The summed E-state index contributed by atoms with van der Waals surface area (Å²) in [5.74, 6) is 0.732. The van der Waals surface area contributed by atoms with E-state index >= 15 is 0 Å². The largest absolute Gasteiger partial charge is 0.494 e. The lowest BCUT2D eigenvalue weighted by Crippen LogP contribution is -2.22. The molecule has 0 fully saturated rings. The Kier molecular flexibility index (Phi) is 7.23. The first-order valence-corrected chi connectivity index (χ1v) is 8.48. The summed E-state index contributed by atoms with van der Waals surface area (Å²) in [4.78, 5) is 14.2. The van der Waals surface area contributed by atoms with Gasteiger partial charge in [-0.05, 0) is 55.9 Å². The molecule has 0 spiro atoms. The number of rotatable bonds is 8. The lowest BCUT2D eigenvalue weighted by Gasteiger charge is -2.14. The molecule has 0 radical (unpaired) electrons. The predicted octanol–water partition coefficient (Wildman–Crippen LogP) is 3.48.